The summed E-state index contributed by atoms with van der Waals surface area (Å²) in [6, 6.07) is 16.2. The molecule has 33 heavy (non-hydrogen) atoms. The van der Waals surface area contributed by atoms with Crippen LogP contribution in [0.15, 0.2) is 66.0 Å². The van der Waals surface area contributed by atoms with E-state index in [0.717, 1.165) is 54.6 Å². The van der Waals surface area contributed by atoms with Crippen LogP contribution in [-0.4, -0.2) is 52.1 Å². The molecule has 0 bridgehead atoms. The number of hydrazone groups is 1. The molecule has 8 nitrogen and oxygen atoms in total. The maximum absolute atomic E-state index is 5.67. The van der Waals surface area contributed by atoms with Crippen molar-refractivity contribution in [1.82, 2.24) is 19.6 Å². The van der Waals surface area contributed by atoms with Gasteiger partial charge in [0.15, 0.2) is 11.5 Å². The van der Waals surface area contributed by atoms with E-state index in [-0.39, 0.29) is 0 Å². The molecule has 4 aromatic rings. The van der Waals surface area contributed by atoms with Crippen molar-refractivity contribution in [2.24, 2.45) is 16.9 Å². The van der Waals surface area contributed by atoms with E-state index in [1.807, 2.05) is 47.1 Å². The molecule has 166 valence electrons. The lowest BCUT2D eigenvalue weighted by Gasteiger charge is -2.21. The van der Waals surface area contributed by atoms with Gasteiger partial charge in [-0.3, -0.25) is 10.4 Å². The van der Waals surface area contributed by atoms with Crippen molar-refractivity contribution in [3.63, 3.8) is 0 Å². The number of ether oxygens (including phenoxy) is 1. The first kappa shape index (κ1) is 19.9. The van der Waals surface area contributed by atoms with Gasteiger partial charge in [0.25, 0.3) is 0 Å². The van der Waals surface area contributed by atoms with Gasteiger partial charge in [-0.25, -0.2) is 4.98 Å². The molecule has 0 amide bonds. The Hall–Kier alpha value is -3.78. The third-order valence-corrected chi connectivity index (χ3v) is 6.38. The number of nitrogens with zero attached hydrogens (tertiary/aromatic N) is 6. The van der Waals surface area contributed by atoms with Crippen LogP contribution < -0.4 is 10.3 Å². The fraction of sp³-hybridized carbons (Fsp3) is 0.280. The second-order valence-electron chi connectivity index (χ2n) is 8.78. The third-order valence-electron chi connectivity index (χ3n) is 6.38. The molecule has 2 aliphatic rings. The highest BCUT2D eigenvalue weighted by molar-refractivity contribution is 5.80. The number of hydrogen-bond acceptors (Lipinski definition) is 7. The first-order chi connectivity index (χ1) is 16.2. The number of aryl methyl sites for hydroxylation is 1. The number of aromatic nitrogens is 4. The van der Waals surface area contributed by atoms with E-state index in [9.17, 15) is 0 Å². The van der Waals surface area contributed by atoms with Gasteiger partial charge in [0, 0.05) is 55.0 Å². The summed E-state index contributed by atoms with van der Waals surface area (Å²) in [7, 11) is 0. The molecule has 2 saturated heterocycles. The van der Waals surface area contributed by atoms with Crippen LogP contribution in [0, 0.1) is 18.8 Å². The van der Waals surface area contributed by atoms with Crippen LogP contribution in [0.4, 0.5) is 11.6 Å². The smallest absolute Gasteiger partial charge is 0.160 e. The zero-order valence-electron chi connectivity index (χ0n) is 18.4. The van der Waals surface area contributed by atoms with Crippen molar-refractivity contribution < 1.29 is 4.74 Å². The average Bonchev–Trinajstić information content (AvgIpc) is 3.54. The zero-order chi connectivity index (χ0) is 22.2. The molecule has 1 N–H and O–H groups in total. The summed E-state index contributed by atoms with van der Waals surface area (Å²) >= 11 is 0. The van der Waals surface area contributed by atoms with Gasteiger partial charge in [-0.1, -0.05) is 29.8 Å². The molecule has 2 unspecified atom stereocenters. The second kappa shape index (κ2) is 8.29. The van der Waals surface area contributed by atoms with E-state index >= 15 is 0 Å². The summed E-state index contributed by atoms with van der Waals surface area (Å²) in [5.74, 6) is 2.84. The Bertz CT molecular complexity index is 1310. The third kappa shape index (κ3) is 3.93. The van der Waals surface area contributed by atoms with Crippen molar-refractivity contribution in [2.45, 2.75) is 6.92 Å². The number of rotatable bonds is 5. The minimum absolute atomic E-state index is 0.569. The molecule has 6 rings (SSSR count). The Morgan fingerprint density at radius 1 is 1.06 bits per heavy atom. The fourth-order valence-corrected chi connectivity index (χ4v) is 4.70. The van der Waals surface area contributed by atoms with E-state index in [4.69, 9.17) is 14.8 Å². The van der Waals surface area contributed by atoms with Gasteiger partial charge >= 0.3 is 0 Å². The van der Waals surface area contributed by atoms with Gasteiger partial charge in [0.2, 0.25) is 0 Å². The Morgan fingerprint density at radius 3 is 2.67 bits per heavy atom. The molecule has 2 aliphatic heterocycles. The quantitative estimate of drug-likeness (QED) is 0.378. The molecule has 0 aliphatic carbocycles. The van der Waals surface area contributed by atoms with Crippen LogP contribution in [0.5, 0.6) is 0 Å². The second-order valence-corrected chi connectivity index (χ2v) is 8.78. The zero-order valence-corrected chi connectivity index (χ0v) is 18.4. The van der Waals surface area contributed by atoms with Crippen molar-refractivity contribution in [3.05, 3.63) is 72.1 Å². The lowest BCUT2D eigenvalue weighted by atomic mass is 10.0. The first-order valence-electron chi connectivity index (χ1n) is 11.2. The predicted molar refractivity (Wildman–Crippen MR) is 129 cm³/mol. The summed E-state index contributed by atoms with van der Waals surface area (Å²) in [6.45, 7) is 5.66. The van der Waals surface area contributed by atoms with Gasteiger partial charge in [-0.15, -0.1) is 0 Å². The molecule has 0 saturated carbocycles. The number of nitrogens with one attached hydrogen (secondary N) is 1. The minimum Gasteiger partial charge on any atom is -0.381 e. The monoisotopic (exact) mass is 439 g/mol. The molecular weight excluding hydrogens is 414 g/mol. The maximum atomic E-state index is 5.67. The van der Waals surface area contributed by atoms with Crippen LogP contribution in [0.3, 0.4) is 0 Å². The van der Waals surface area contributed by atoms with E-state index < -0.39 is 0 Å². The van der Waals surface area contributed by atoms with Gasteiger partial charge in [0.1, 0.15) is 5.82 Å². The van der Waals surface area contributed by atoms with E-state index in [0.29, 0.717) is 17.7 Å². The lowest BCUT2D eigenvalue weighted by Crippen LogP contribution is -2.25. The molecule has 3 aromatic heterocycles. The van der Waals surface area contributed by atoms with Gasteiger partial charge in [-0.05, 0) is 24.6 Å². The Kier molecular flexibility index (Phi) is 4.99. The molecule has 0 spiro atoms. The standard InChI is InChI=1S/C25H25N7O/c1-17-3-2-4-18(9-17)12-27-29-23-11-25(31-13-20-15-33-16-21(20)14-31)32-24(28-23)10-22(30-32)19-5-7-26-8-6-19/h2-12,20-21H,13-16H2,1H3,(H,28,29)/b27-12+. The molecule has 1 aromatic carbocycles. The molecule has 2 atom stereocenters. The highest BCUT2D eigenvalue weighted by Crippen LogP contribution is 2.34. The van der Waals surface area contributed by atoms with Crippen molar-refractivity contribution in [1.29, 1.82) is 0 Å². The SMILES string of the molecule is Cc1cccc(/C=N/Nc2cc(N3CC4COCC4C3)n3nc(-c4ccncc4)cc3n2)c1. The highest BCUT2D eigenvalue weighted by Gasteiger charge is 2.38. The van der Waals surface area contributed by atoms with Crippen LogP contribution in [0.25, 0.3) is 16.9 Å². The first-order valence-corrected chi connectivity index (χ1v) is 11.2. The van der Waals surface area contributed by atoms with Crippen LogP contribution in [0.2, 0.25) is 0 Å². The Balaban J connectivity index is 1.36. The molecular formula is C25H25N7O. The Labute approximate surface area is 191 Å². The summed E-state index contributed by atoms with van der Waals surface area (Å²) in [4.78, 5) is 11.3. The number of hydrogen-bond donors (Lipinski definition) is 1. The van der Waals surface area contributed by atoms with Crippen molar-refractivity contribution in [2.75, 3.05) is 36.6 Å². The van der Waals surface area contributed by atoms with Crippen LogP contribution >= 0.6 is 0 Å². The number of fused-ring (bicyclic) bond motifs is 2. The molecule has 0 radical (unpaired) electrons. The minimum atomic E-state index is 0.569. The molecule has 5 heterocycles. The number of benzene rings is 1. The van der Waals surface area contributed by atoms with E-state index in [1.54, 1.807) is 12.4 Å². The number of anilines is 2. The van der Waals surface area contributed by atoms with E-state index in [1.165, 1.54) is 5.56 Å². The lowest BCUT2D eigenvalue weighted by molar-refractivity contribution is 0.177. The van der Waals surface area contributed by atoms with Crippen molar-refractivity contribution in [3.8, 4) is 11.3 Å². The number of pyridine rings is 1. The summed E-state index contributed by atoms with van der Waals surface area (Å²) in [5.41, 5.74) is 8.03. The maximum Gasteiger partial charge on any atom is 0.160 e. The summed E-state index contributed by atoms with van der Waals surface area (Å²) in [5, 5.41) is 9.32. The fourth-order valence-electron chi connectivity index (χ4n) is 4.70. The predicted octanol–water partition coefficient (Wildman–Crippen LogP) is 3.63. The topological polar surface area (TPSA) is 79.9 Å². The summed E-state index contributed by atoms with van der Waals surface area (Å²) < 4.78 is 7.61. The van der Waals surface area contributed by atoms with E-state index in [2.05, 4.69) is 39.5 Å². The van der Waals surface area contributed by atoms with Crippen molar-refractivity contribution >= 4 is 23.5 Å². The van der Waals surface area contributed by atoms with Gasteiger partial charge in [0.05, 0.1) is 25.1 Å². The summed E-state index contributed by atoms with van der Waals surface area (Å²) in [6.07, 6.45) is 5.37. The van der Waals surface area contributed by atoms with Crippen LogP contribution in [0.1, 0.15) is 11.1 Å². The largest absolute Gasteiger partial charge is 0.381 e. The van der Waals surface area contributed by atoms with Gasteiger partial charge in [-0.2, -0.15) is 14.7 Å². The molecule has 8 heteroatoms. The highest BCUT2D eigenvalue weighted by atomic mass is 16.5. The molecule has 2 fully saturated rings. The normalized spacial score (nSPS) is 20.1. The average molecular weight is 440 g/mol. The Morgan fingerprint density at radius 2 is 1.88 bits per heavy atom. The van der Waals surface area contributed by atoms with Crippen LogP contribution in [-0.2, 0) is 4.74 Å². The van der Waals surface area contributed by atoms with Gasteiger partial charge < -0.3 is 9.64 Å².